The van der Waals surface area contributed by atoms with Gasteiger partial charge in [-0.3, -0.25) is 14.6 Å². The molecule has 150 valence electrons. The van der Waals surface area contributed by atoms with Crippen LogP contribution in [0.5, 0.6) is 0 Å². The first-order valence-electron chi connectivity index (χ1n) is 10.4. The number of rotatable bonds is 4. The van der Waals surface area contributed by atoms with Gasteiger partial charge >= 0.3 is 0 Å². The van der Waals surface area contributed by atoms with Gasteiger partial charge in [0.1, 0.15) is 0 Å². The smallest absolute Gasteiger partial charge is 0.255 e. The van der Waals surface area contributed by atoms with Gasteiger partial charge in [-0.2, -0.15) is 0 Å². The van der Waals surface area contributed by atoms with Crippen LogP contribution in [0.25, 0.3) is 0 Å². The summed E-state index contributed by atoms with van der Waals surface area (Å²) in [6.45, 7) is 10.8. The minimum absolute atomic E-state index is 0.245. The lowest BCUT2D eigenvalue weighted by Gasteiger charge is -2.38. The number of hydrogen-bond donors (Lipinski definition) is 1. The Morgan fingerprint density at radius 2 is 1.93 bits per heavy atom. The Morgan fingerprint density at radius 1 is 1.14 bits per heavy atom. The first-order chi connectivity index (χ1) is 13.7. The van der Waals surface area contributed by atoms with Crippen LogP contribution in [0.4, 0.5) is 0 Å². The van der Waals surface area contributed by atoms with E-state index in [9.17, 15) is 4.79 Å². The lowest BCUT2D eigenvalue weighted by molar-refractivity contribution is 0.120. The van der Waals surface area contributed by atoms with E-state index in [1.807, 2.05) is 0 Å². The molecule has 1 N–H and O–H groups in total. The summed E-state index contributed by atoms with van der Waals surface area (Å²) in [7, 11) is 0. The van der Waals surface area contributed by atoms with E-state index >= 15 is 0 Å². The second-order valence-electron chi connectivity index (χ2n) is 8.57. The lowest BCUT2D eigenvalue weighted by atomic mass is 9.84. The number of thiazole rings is 1. The number of piperidine rings is 1. The fraction of sp³-hybridized carbons (Fsp3) is 0.619. The van der Waals surface area contributed by atoms with Gasteiger partial charge in [-0.05, 0) is 31.9 Å². The van der Waals surface area contributed by atoms with Crippen LogP contribution < -0.4 is 10.9 Å². The summed E-state index contributed by atoms with van der Waals surface area (Å²) in [6.07, 6.45) is 1.23. The summed E-state index contributed by atoms with van der Waals surface area (Å²) in [5.74, 6) is 1.12. The van der Waals surface area contributed by atoms with Crippen LogP contribution in [-0.2, 0) is 19.6 Å². The molecule has 3 aliphatic heterocycles. The summed E-state index contributed by atoms with van der Waals surface area (Å²) in [5, 5.41) is 6.83. The third kappa shape index (κ3) is 3.68. The Morgan fingerprint density at radius 3 is 2.68 bits per heavy atom. The molecule has 5 heterocycles. The number of piperazine rings is 1. The second kappa shape index (κ2) is 7.71. The molecule has 0 aromatic carbocycles. The number of nitrogens with one attached hydrogen (secondary N) is 1. The molecule has 2 aromatic heterocycles. The van der Waals surface area contributed by atoms with Gasteiger partial charge in [-0.1, -0.05) is 6.07 Å². The first-order valence-corrected chi connectivity index (χ1v) is 11.3. The molecule has 5 rings (SSSR count). The minimum atomic E-state index is 0.245. The third-order valence-electron chi connectivity index (χ3n) is 6.50. The van der Waals surface area contributed by atoms with Crippen molar-refractivity contribution in [1.82, 2.24) is 24.7 Å². The number of aromatic nitrogens is 2. The zero-order valence-electron chi connectivity index (χ0n) is 16.6. The van der Waals surface area contributed by atoms with Gasteiger partial charge < -0.3 is 9.88 Å². The molecule has 2 fully saturated rings. The molecule has 0 aliphatic carbocycles. The Labute approximate surface area is 170 Å². The van der Waals surface area contributed by atoms with Gasteiger partial charge in [-0.25, -0.2) is 4.98 Å². The van der Waals surface area contributed by atoms with Crippen molar-refractivity contribution in [1.29, 1.82) is 0 Å². The SMILES string of the molecule is Cc1nc(CN2CCN(Cc3ccc4n(c3=O)C[C@@H]3CNC[C@H]4C3)CC2)cs1. The molecule has 0 unspecified atom stereocenters. The van der Waals surface area contributed by atoms with Gasteiger partial charge in [0.2, 0.25) is 0 Å². The maximum absolute atomic E-state index is 13.1. The Bertz CT molecular complexity index is 898. The van der Waals surface area contributed by atoms with E-state index in [0.717, 1.165) is 69.5 Å². The topological polar surface area (TPSA) is 53.4 Å². The molecular weight excluding hydrogens is 370 g/mol. The van der Waals surface area contributed by atoms with Crippen molar-refractivity contribution in [3.8, 4) is 0 Å². The van der Waals surface area contributed by atoms with Crippen LogP contribution in [0.3, 0.4) is 0 Å². The zero-order valence-corrected chi connectivity index (χ0v) is 17.4. The highest BCUT2D eigenvalue weighted by atomic mass is 32.1. The van der Waals surface area contributed by atoms with Gasteiger partial charge in [0.15, 0.2) is 0 Å². The van der Waals surface area contributed by atoms with Crippen molar-refractivity contribution >= 4 is 11.3 Å². The molecule has 0 spiro atoms. The molecule has 2 aromatic rings. The second-order valence-corrected chi connectivity index (χ2v) is 9.63. The molecule has 3 aliphatic rings. The van der Waals surface area contributed by atoms with Crippen molar-refractivity contribution in [2.45, 2.75) is 38.9 Å². The van der Waals surface area contributed by atoms with E-state index in [2.05, 4.69) is 49.1 Å². The van der Waals surface area contributed by atoms with Crippen LogP contribution in [0.1, 0.15) is 34.3 Å². The standard InChI is InChI=1S/C21H29N5OS/c1-15-23-19(14-28-15)13-25-6-4-24(5-7-25)12-17-2-3-20-18-8-16(9-22-10-18)11-26(20)21(17)27/h2-3,14,16,18,22H,4-13H2,1H3/t16-,18+/m0/s1. The lowest BCUT2D eigenvalue weighted by Crippen LogP contribution is -2.47. The van der Waals surface area contributed by atoms with E-state index in [4.69, 9.17) is 0 Å². The summed E-state index contributed by atoms with van der Waals surface area (Å²) < 4.78 is 2.08. The van der Waals surface area contributed by atoms with Crippen molar-refractivity contribution in [2.24, 2.45) is 5.92 Å². The largest absolute Gasteiger partial charge is 0.316 e. The number of aryl methyl sites for hydroxylation is 1. The first kappa shape index (κ1) is 18.5. The number of fused-ring (bicyclic) bond motifs is 4. The van der Waals surface area contributed by atoms with E-state index < -0.39 is 0 Å². The average molecular weight is 400 g/mol. The third-order valence-corrected chi connectivity index (χ3v) is 7.32. The van der Waals surface area contributed by atoms with E-state index in [1.54, 1.807) is 11.3 Å². The summed E-state index contributed by atoms with van der Waals surface area (Å²) in [4.78, 5) is 22.6. The van der Waals surface area contributed by atoms with E-state index in [0.29, 0.717) is 11.8 Å². The fourth-order valence-corrected chi connectivity index (χ4v) is 5.62. The summed E-state index contributed by atoms with van der Waals surface area (Å²) >= 11 is 1.72. The molecule has 2 atom stereocenters. The van der Waals surface area contributed by atoms with E-state index in [1.165, 1.54) is 17.8 Å². The molecule has 0 amide bonds. The quantitative estimate of drug-likeness (QED) is 0.847. The molecule has 0 radical (unpaired) electrons. The Balaban J connectivity index is 1.23. The summed E-state index contributed by atoms with van der Waals surface area (Å²) in [6, 6.07) is 4.30. The molecule has 7 heteroatoms. The molecule has 2 bridgehead atoms. The maximum Gasteiger partial charge on any atom is 0.255 e. The number of nitrogens with zero attached hydrogens (tertiary/aromatic N) is 4. The Kier molecular flexibility index (Phi) is 5.09. The predicted molar refractivity (Wildman–Crippen MR) is 112 cm³/mol. The Hall–Kier alpha value is -1.54. The molecular formula is C21H29N5OS. The number of hydrogen-bond acceptors (Lipinski definition) is 6. The molecule has 28 heavy (non-hydrogen) atoms. The fourth-order valence-electron chi connectivity index (χ4n) is 5.01. The maximum atomic E-state index is 13.1. The van der Waals surface area contributed by atoms with Crippen LogP contribution in [0, 0.1) is 12.8 Å². The molecule has 6 nitrogen and oxygen atoms in total. The van der Waals surface area contributed by atoms with Gasteiger partial charge in [-0.15, -0.1) is 11.3 Å². The van der Waals surface area contributed by atoms with Crippen molar-refractivity contribution in [2.75, 3.05) is 39.3 Å². The average Bonchev–Trinajstić information content (AvgIpc) is 3.11. The van der Waals surface area contributed by atoms with Gasteiger partial charge in [0.25, 0.3) is 5.56 Å². The van der Waals surface area contributed by atoms with Crippen molar-refractivity contribution < 1.29 is 0 Å². The monoisotopic (exact) mass is 399 g/mol. The van der Waals surface area contributed by atoms with Crippen LogP contribution in [0.2, 0.25) is 0 Å². The van der Waals surface area contributed by atoms with E-state index in [-0.39, 0.29) is 5.56 Å². The molecule has 0 saturated carbocycles. The highest BCUT2D eigenvalue weighted by molar-refractivity contribution is 7.09. The van der Waals surface area contributed by atoms with Crippen LogP contribution in [-0.4, -0.2) is 58.6 Å². The van der Waals surface area contributed by atoms with Gasteiger partial charge in [0, 0.05) is 74.9 Å². The highest BCUT2D eigenvalue weighted by Crippen LogP contribution is 2.31. The minimum Gasteiger partial charge on any atom is -0.316 e. The number of pyridine rings is 1. The van der Waals surface area contributed by atoms with Crippen molar-refractivity contribution in [3.05, 3.63) is 49.8 Å². The van der Waals surface area contributed by atoms with Crippen LogP contribution >= 0.6 is 11.3 Å². The van der Waals surface area contributed by atoms with Crippen LogP contribution in [0.15, 0.2) is 22.3 Å². The highest BCUT2D eigenvalue weighted by Gasteiger charge is 2.31. The normalized spacial score (nSPS) is 25.6. The predicted octanol–water partition coefficient (Wildman–Crippen LogP) is 1.64. The molecule has 2 saturated heterocycles. The zero-order chi connectivity index (χ0) is 19.1. The van der Waals surface area contributed by atoms with Gasteiger partial charge in [0.05, 0.1) is 10.7 Å². The van der Waals surface area contributed by atoms with Crippen molar-refractivity contribution in [3.63, 3.8) is 0 Å². The summed E-state index contributed by atoms with van der Waals surface area (Å²) in [5.41, 5.74) is 3.62.